The van der Waals surface area contributed by atoms with Crippen LogP contribution in [0.15, 0.2) is 42.5 Å². The summed E-state index contributed by atoms with van der Waals surface area (Å²) in [7, 11) is 1.64. The Morgan fingerprint density at radius 3 is 2.52 bits per heavy atom. The number of carbonyl (C=O) groups is 1. The molecule has 2 N–H and O–H groups in total. The van der Waals surface area contributed by atoms with Crippen molar-refractivity contribution in [2.75, 3.05) is 19.0 Å². The average molecular weight is 285 g/mol. The number of aromatic carboxylic acids is 1. The van der Waals surface area contributed by atoms with Crippen molar-refractivity contribution < 1.29 is 14.6 Å². The summed E-state index contributed by atoms with van der Waals surface area (Å²) in [5, 5.41) is 12.4. The quantitative estimate of drug-likeness (QED) is 0.854. The standard InChI is InChI=1S/C17H19NO3/c1-12-4-3-5-15(17(19)20)16(12)18-11-10-13-6-8-14(21-2)9-7-13/h3-9,18H,10-11H2,1-2H3,(H,19,20). The lowest BCUT2D eigenvalue weighted by Gasteiger charge is -2.12. The molecular weight excluding hydrogens is 266 g/mol. The molecule has 0 aliphatic rings. The van der Waals surface area contributed by atoms with Crippen molar-refractivity contribution in [3.63, 3.8) is 0 Å². The Kier molecular flexibility index (Phi) is 4.82. The van der Waals surface area contributed by atoms with Crippen LogP contribution >= 0.6 is 0 Å². The third kappa shape index (κ3) is 3.75. The zero-order valence-electron chi connectivity index (χ0n) is 12.2. The van der Waals surface area contributed by atoms with E-state index in [4.69, 9.17) is 4.74 Å². The normalized spacial score (nSPS) is 10.2. The van der Waals surface area contributed by atoms with E-state index in [9.17, 15) is 9.90 Å². The first-order valence-electron chi connectivity index (χ1n) is 6.81. The maximum atomic E-state index is 11.2. The second-order valence-electron chi connectivity index (χ2n) is 4.83. The number of hydrogen-bond donors (Lipinski definition) is 2. The SMILES string of the molecule is COc1ccc(CCNc2c(C)cccc2C(=O)O)cc1. The van der Waals surface area contributed by atoms with Crippen LogP contribution in [0.5, 0.6) is 5.75 Å². The Morgan fingerprint density at radius 2 is 1.90 bits per heavy atom. The van der Waals surface area contributed by atoms with E-state index in [1.165, 1.54) is 5.56 Å². The van der Waals surface area contributed by atoms with Crippen molar-refractivity contribution in [1.82, 2.24) is 0 Å². The lowest BCUT2D eigenvalue weighted by atomic mass is 10.1. The topological polar surface area (TPSA) is 58.6 Å². The molecule has 4 nitrogen and oxygen atoms in total. The molecule has 0 amide bonds. The van der Waals surface area contributed by atoms with Gasteiger partial charge in [0.25, 0.3) is 0 Å². The third-order valence-electron chi connectivity index (χ3n) is 3.38. The van der Waals surface area contributed by atoms with Crippen LogP contribution in [0.2, 0.25) is 0 Å². The molecule has 4 heteroatoms. The van der Waals surface area contributed by atoms with E-state index in [-0.39, 0.29) is 0 Å². The Bertz CT molecular complexity index is 620. The molecule has 2 aromatic carbocycles. The minimum absolute atomic E-state index is 0.310. The van der Waals surface area contributed by atoms with Gasteiger partial charge < -0.3 is 15.2 Å². The molecule has 0 atom stereocenters. The molecule has 2 aromatic rings. The highest BCUT2D eigenvalue weighted by atomic mass is 16.5. The van der Waals surface area contributed by atoms with Gasteiger partial charge in [0.1, 0.15) is 5.75 Å². The number of carboxylic acid groups (broad SMARTS) is 1. The summed E-state index contributed by atoms with van der Waals surface area (Å²) in [6.07, 6.45) is 0.817. The van der Waals surface area contributed by atoms with Crippen LogP contribution in [0, 0.1) is 6.92 Å². The maximum absolute atomic E-state index is 11.2. The van der Waals surface area contributed by atoms with E-state index in [1.807, 2.05) is 37.3 Å². The summed E-state index contributed by atoms with van der Waals surface area (Å²) in [5.41, 5.74) is 3.11. The van der Waals surface area contributed by atoms with Crippen LogP contribution in [0.3, 0.4) is 0 Å². The van der Waals surface area contributed by atoms with Crippen LogP contribution < -0.4 is 10.1 Å². The van der Waals surface area contributed by atoms with Crippen LogP contribution in [0.1, 0.15) is 21.5 Å². The lowest BCUT2D eigenvalue weighted by molar-refractivity contribution is 0.0698. The Hall–Kier alpha value is -2.49. The zero-order chi connectivity index (χ0) is 15.2. The van der Waals surface area contributed by atoms with Gasteiger partial charge in [-0.05, 0) is 42.7 Å². The van der Waals surface area contributed by atoms with E-state index in [0.717, 1.165) is 17.7 Å². The van der Waals surface area contributed by atoms with Crippen molar-refractivity contribution in [3.05, 3.63) is 59.2 Å². The maximum Gasteiger partial charge on any atom is 0.337 e. The number of hydrogen-bond acceptors (Lipinski definition) is 3. The Balaban J connectivity index is 2.01. The molecule has 0 aromatic heterocycles. The number of rotatable bonds is 6. The number of methoxy groups -OCH3 is 1. The molecular formula is C17H19NO3. The van der Waals surface area contributed by atoms with Crippen molar-refractivity contribution in [2.24, 2.45) is 0 Å². The number of carboxylic acids is 1. The number of anilines is 1. The first-order valence-corrected chi connectivity index (χ1v) is 6.81. The summed E-state index contributed by atoms with van der Waals surface area (Å²) in [6.45, 7) is 2.58. The van der Waals surface area contributed by atoms with Crippen molar-refractivity contribution >= 4 is 11.7 Å². The second-order valence-corrected chi connectivity index (χ2v) is 4.83. The molecule has 0 saturated carbocycles. The molecule has 21 heavy (non-hydrogen) atoms. The van der Waals surface area contributed by atoms with Gasteiger partial charge in [0.2, 0.25) is 0 Å². The van der Waals surface area contributed by atoms with Gasteiger partial charge in [-0.2, -0.15) is 0 Å². The van der Waals surface area contributed by atoms with Gasteiger partial charge >= 0.3 is 5.97 Å². The van der Waals surface area contributed by atoms with E-state index in [0.29, 0.717) is 17.8 Å². The minimum atomic E-state index is -0.911. The van der Waals surface area contributed by atoms with Crippen molar-refractivity contribution in [3.8, 4) is 5.75 Å². The first kappa shape index (κ1) is 14.9. The average Bonchev–Trinajstić information content (AvgIpc) is 2.49. The molecule has 0 aliphatic carbocycles. The minimum Gasteiger partial charge on any atom is -0.497 e. The molecule has 0 heterocycles. The van der Waals surface area contributed by atoms with Gasteiger partial charge in [0, 0.05) is 6.54 Å². The number of ether oxygens (including phenoxy) is 1. The van der Waals surface area contributed by atoms with E-state index in [1.54, 1.807) is 19.2 Å². The fraction of sp³-hybridized carbons (Fsp3) is 0.235. The molecule has 0 unspecified atom stereocenters. The highest BCUT2D eigenvalue weighted by molar-refractivity contribution is 5.95. The van der Waals surface area contributed by atoms with Gasteiger partial charge in [0.05, 0.1) is 18.4 Å². The molecule has 0 saturated heterocycles. The van der Waals surface area contributed by atoms with Crippen LogP contribution in [-0.4, -0.2) is 24.7 Å². The fourth-order valence-electron chi connectivity index (χ4n) is 2.20. The molecule has 0 fully saturated rings. The summed E-state index contributed by atoms with van der Waals surface area (Å²) >= 11 is 0. The van der Waals surface area contributed by atoms with Crippen LogP contribution in [-0.2, 0) is 6.42 Å². The molecule has 0 bridgehead atoms. The highest BCUT2D eigenvalue weighted by Gasteiger charge is 2.11. The zero-order valence-corrected chi connectivity index (χ0v) is 12.2. The summed E-state index contributed by atoms with van der Waals surface area (Å²) in [6, 6.07) is 13.1. The van der Waals surface area contributed by atoms with Gasteiger partial charge in [-0.25, -0.2) is 4.79 Å². The Morgan fingerprint density at radius 1 is 1.19 bits per heavy atom. The smallest absolute Gasteiger partial charge is 0.337 e. The highest BCUT2D eigenvalue weighted by Crippen LogP contribution is 2.20. The number of para-hydroxylation sites is 1. The molecule has 0 spiro atoms. The van der Waals surface area contributed by atoms with Crippen molar-refractivity contribution in [2.45, 2.75) is 13.3 Å². The number of aryl methyl sites for hydroxylation is 1. The number of nitrogens with one attached hydrogen (secondary N) is 1. The largest absolute Gasteiger partial charge is 0.497 e. The van der Waals surface area contributed by atoms with E-state index < -0.39 is 5.97 Å². The van der Waals surface area contributed by atoms with Gasteiger partial charge in [-0.3, -0.25) is 0 Å². The Labute approximate surface area is 124 Å². The van der Waals surface area contributed by atoms with Gasteiger partial charge in [-0.1, -0.05) is 24.3 Å². The molecule has 110 valence electrons. The van der Waals surface area contributed by atoms with Crippen molar-refractivity contribution in [1.29, 1.82) is 0 Å². The molecule has 2 rings (SSSR count). The third-order valence-corrected chi connectivity index (χ3v) is 3.38. The van der Waals surface area contributed by atoms with E-state index >= 15 is 0 Å². The monoisotopic (exact) mass is 285 g/mol. The molecule has 0 radical (unpaired) electrons. The first-order chi connectivity index (χ1) is 10.1. The fourth-order valence-corrected chi connectivity index (χ4v) is 2.20. The van der Waals surface area contributed by atoms with Crippen LogP contribution in [0.25, 0.3) is 0 Å². The second kappa shape index (κ2) is 6.79. The summed E-state index contributed by atoms with van der Waals surface area (Å²) in [5.74, 6) is -0.0792. The molecule has 0 aliphatic heterocycles. The summed E-state index contributed by atoms with van der Waals surface area (Å²) in [4.78, 5) is 11.2. The lowest BCUT2D eigenvalue weighted by Crippen LogP contribution is -2.10. The summed E-state index contributed by atoms with van der Waals surface area (Å²) < 4.78 is 5.12. The van der Waals surface area contributed by atoms with Gasteiger partial charge in [0.15, 0.2) is 0 Å². The van der Waals surface area contributed by atoms with Crippen LogP contribution in [0.4, 0.5) is 5.69 Å². The van der Waals surface area contributed by atoms with E-state index in [2.05, 4.69) is 5.32 Å². The predicted molar refractivity (Wildman–Crippen MR) is 83.3 cm³/mol. The van der Waals surface area contributed by atoms with Gasteiger partial charge in [-0.15, -0.1) is 0 Å². The predicted octanol–water partition coefficient (Wildman–Crippen LogP) is 3.36. The number of benzene rings is 2.